The SMILES string of the molecule is CCn1ccc(NC(=O)c2ccc3nc(C(O)(c4ccccc4F)c4ccccc4F)n(C)c3c2)n1. The number of anilines is 1. The van der Waals surface area contributed by atoms with Crippen LogP contribution in [0.3, 0.4) is 0 Å². The molecule has 2 aromatic heterocycles. The van der Waals surface area contributed by atoms with Crippen LogP contribution in [0.15, 0.2) is 79.0 Å². The number of halogens is 2. The second-order valence-corrected chi connectivity index (χ2v) is 8.38. The van der Waals surface area contributed by atoms with Crippen molar-refractivity contribution in [2.24, 2.45) is 7.05 Å². The third-order valence-electron chi connectivity index (χ3n) is 6.20. The first-order valence-electron chi connectivity index (χ1n) is 11.4. The van der Waals surface area contributed by atoms with Crippen molar-refractivity contribution in [1.82, 2.24) is 19.3 Å². The van der Waals surface area contributed by atoms with Crippen LogP contribution in [0.25, 0.3) is 11.0 Å². The summed E-state index contributed by atoms with van der Waals surface area (Å²) in [6.07, 6.45) is 1.76. The lowest BCUT2D eigenvalue weighted by atomic mass is 9.84. The van der Waals surface area contributed by atoms with Gasteiger partial charge in [-0.3, -0.25) is 9.48 Å². The Morgan fingerprint density at radius 2 is 1.64 bits per heavy atom. The maximum absolute atomic E-state index is 15.0. The first-order valence-corrected chi connectivity index (χ1v) is 11.4. The van der Waals surface area contributed by atoms with Crippen LogP contribution in [0.4, 0.5) is 14.6 Å². The Morgan fingerprint density at radius 1 is 1.00 bits per heavy atom. The lowest BCUT2D eigenvalue weighted by Crippen LogP contribution is -2.34. The number of amides is 1. The Bertz CT molecular complexity index is 1540. The van der Waals surface area contributed by atoms with Gasteiger partial charge in [0.05, 0.1) is 11.0 Å². The monoisotopic (exact) mass is 487 g/mol. The fourth-order valence-corrected chi connectivity index (χ4v) is 4.34. The largest absolute Gasteiger partial charge is 0.373 e. The number of carbonyl (C=O) groups is 1. The highest BCUT2D eigenvalue weighted by Crippen LogP contribution is 2.39. The average molecular weight is 488 g/mol. The molecule has 182 valence electrons. The number of aromatic nitrogens is 4. The molecule has 0 bridgehead atoms. The predicted octanol–water partition coefficient (Wildman–Crippen LogP) is 4.60. The molecular formula is C27H23F2N5O2. The Labute approximate surface area is 205 Å². The predicted molar refractivity (Wildman–Crippen MR) is 131 cm³/mol. The second-order valence-electron chi connectivity index (χ2n) is 8.38. The summed E-state index contributed by atoms with van der Waals surface area (Å²) in [4.78, 5) is 17.4. The van der Waals surface area contributed by atoms with Gasteiger partial charge in [0.15, 0.2) is 17.2 Å². The van der Waals surface area contributed by atoms with Gasteiger partial charge in [0.1, 0.15) is 11.6 Å². The van der Waals surface area contributed by atoms with Gasteiger partial charge in [-0.1, -0.05) is 36.4 Å². The van der Waals surface area contributed by atoms with Crippen molar-refractivity contribution in [3.05, 3.63) is 113 Å². The molecule has 2 N–H and O–H groups in total. The molecule has 3 aromatic carbocycles. The van der Waals surface area contributed by atoms with E-state index in [0.29, 0.717) is 29.0 Å². The number of fused-ring (bicyclic) bond motifs is 1. The number of nitrogens with one attached hydrogen (secondary N) is 1. The molecule has 7 nitrogen and oxygen atoms in total. The summed E-state index contributed by atoms with van der Waals surface area (Å²) < 4.78 is 33.2. The van der Waals surface area contributed by atoms with E-state index < -0.39 is 17.2 Å². The normalized spacial score (nSPS) is 11.7. The first kappa shape index (κ1) is 23.4. The fraction of sp³-hybridized carbons (Fsp3) is 0.148. The molecule has 0 radical (unpaired) electrons. The summed E-state index contributed by atoms with van der Waals surface area (Å²) in [5, 5.41) is 19.0. The Morgan fingerprint density at radius 3 is 2.22 bits per heavy atom. The molecule has 5 rings (SSSR count). The lowest BCUT2D eigenvalue weighted by Gasteiger charge is -2.29. The number of imidazole rings is 1. The summed E-state index contributed by atoms with van der Waals surface area (Å²) in [7, 11) is 1.63. The number of benzene rings is 3. The summed E-state index contributed by atoms with van der Waals surface area (Å²) in [6.45, 7) is 2.61. The quantitative estimate of drug-likeness (QED) is 0.367. The summed E-state index contributed by atoms with van der Waals surface area (Å²) in [6, 6.07) is 17.8. The van der Waals surface area contributed by atoms with E-state index in [9.17, 15) is 18.7 Å². The maximum atomic E-state index is 15.0. The highest BCUT2D eigenvalue weighted by atomic mass is 19.1. The molecule has 5 aromatic rings. The number of rotatable bonds is 6. The molecule has 2 heterocycles. The molecule has 0 saturated heterocycles. The van der Waals surface area contributed by atoms with E-state index in [1.54, 1.807) is 54.3 Å². The molecule has 0 fully saturated rings. The number of nitrogens with zero attached hydrogens (tertiary/aromatic N) is 4. The Kier molecular flexibility index (Phi) is 5.85. The van der Waals surface area contributed by atoms with E-state index in [0.717, 1.165) is 0 Å². The van der Waals surface area contributed by atoms with Gasteiger partial charge in [-0.2, -0.15) is 5.10 Å². The average Bonchev–Trinajstić information content (AvgIpc) is 3.48. The van der Waals surface area contributed by atoms with Gasteiger partial charge in [0.25, 0.3) is 5.91 Å². The molecule has 1 amide bonds. The number of hydrogen-bond acceptors (Lipinski definition) is 4. The molecule has 0 aliphatic rings. The molecule has 9 heteroatoms. The minimum atomic E-state index is -2.24. The summed E-state index contributed by atoms with van der Waals surface area (Å²) in [5.41, 5.74) is -1.23. The van der Waals surface area contributed by atoms with Gasteiger partial charge in [0, 0.05) is 42.5 Å². The number of aliphatic hydroxyl groups is 1. The van der Waals surface area contributed by atoms with Crippen LogP contribution in [-0.4, -0.2) is 30.3 Å². The van der Waals surface area contributed by atoms with Crippen molar-refractivity contribution in [1.29, 1.82) is 0 Å². The van der Waals surface area contributed by atoms with Crippen LogP contribution in [0.5, 0.6) is 0 Å². The standard InChI is InChI=1S/C27H23F2N5O2/c1-3-34-15-14-24(32-34)31-25(35)17-12-13-22-23(16-17)33(2)26(30-22)27(36,18-8-4-6-10-20(18)28)19-9-5-7-11-21(19)29/h4-16,36H,3H2,1-2H3,(H,31,32,35). The van der Waals surface area contributed by atoms with Gasteiger partial charge in [0.2, 0.25) is 0 Å². The third kappa shape index (κ3) is 3.83. The first-order chi connectivity index (χ1) is 17.3. The zero-order chi connectivity index (χ0) is 25.4. The minimum absolute atomic E-state index is 0.00643. The van der Waals surface area contributed by atoms with Crippen LogP contribution < -0.4 is 5.32 Å². The van der Waals surface area contributed by atoms with E-state index in [2.05, 4.69) is 15.4 Å². The summed E-state index contributed by atoms with van der Waals surface area (Å²) >= 11 is 0. The van der Waals surface area contributed by atoms with E-state index in [-0.39, 0.29) is 22.9 Å². The number of carbonyl (C=O) groups excluding carboxylic acids is 1. The molecule has 0 spiro atoms. The topological polar surface area (TPSA) is 85.0 Å². The van der Waals surface area contributed by atoms with E-state index in [4.69, 9.17) is 0 Å². The Hall–Kier alpha value is -4.37. The van der Waals surface area contributed by atoms with E-state index in [1.165, 1.54) is 41.0 Å². The van der Waals surface area contributed by atoms with E-state index >= 15 is 0 Å². The van der Waals surface area contributed by atoms with E-state index in [1.807, 2.05) is 6.92 Å². The molecule has 0 aliphatic carbocycles. The molecule has 0 atom stereocenters. The van der Waals surface area contributed by atoms with Crippen LogP contribution >= 0.6 is 0 Å². The van der Waals surface area contributed by atoms with Gasteiger partial charge >= 0.3 is 0 Å². The van der Waals surface area contributed by atoms with Gasteiger partial charge in [-0.25, -0.2) is 13.8 Å². The van der Waals surface area contributed by atoms with Crippen molar-refractivity contribution >= 4 is 22.8 Å². The van der Waals surface area contributed by atoms with Crippen LogP contribution in [0, 0.1) is 11.6 Å². The van der Waals surface area contributed by atoms with Crippen molar-refractivity contribution < 1.29 is 18.7 Å². The van der Waals surface area contributed by atoms with Crippen LogP contribution in [0.1, 0.15) is 34.2 Å². The zero-order valence-corrected chi connectivity index (χ0v) is 19.6. The molecule has 0 unspecified atom stereocenters. The number of aryl methyl sites for hydroxylation is 2. The van der Waals surface area contributed by atoms with Crippen molar-refractivity contribution in [3.8, 4) is 0 Å². The van der Waals surface area contributed by atoms with Crippen LogP contribution in [-0.2, 0) is 19.2 Å². The maximum Gasteiger partial charge on any atom is 0.256 e. The highest BCUT2D eigenvalue weighted by Gasteiger charge is 2.42. The van der Waals surface area contributed by atoms with Gasteiger partial charge < -0.3 is 15.0 Å². The van der Waals surface area contributed by atoms with Gasteiger partial charge in [-0.05, 0) is 37.3 Å². The molecule has 0 saturated carbocycles. The van der Waals surface area contributed by atoms with Gasteiger partial charge in [-0.15, -0.1) is 0 Å². The smallest absolute Gasteiger partial charge is 0.256 e. The second kappa shape index (κ2) is 9.01. The zero-order valence-electron chi connectivity index (χ0n) is 19.6. The van der Waals surface area contributed by atoms with Crippen molar-refractivity contribution in [2.75, 3.05) is 5.32 Å². The molecule has 0 aliphatic heterocycles. The summed E-state index contributed by atoms with van der Waals surface area (Å²) in [5.74, 6) is -1.36. The highest BCUT2D eigenvalue weighted by molar-refractivity contribution is 6.05. The minimum Gasteiger partial charge on any atom is -0.373 e. The fourth-order valence-electron chi connectivity index (χ4n) is 4.34. The molecular weight excluding hydrogens is 464 g/mol. The lowest BCUT2D eigenvalue weighted by molar-refractivity contribution is 0.102. The Balaban J connectivity index is 1.63. The third-order valence-corrected chi connectivity index (χ3v) is 6.20. The molecule has 36 heavy (non-hydrogen) atoms. The van der Waals surface area contributed by atoms with Crippen LogP contribution in [0.2, 0.25) is 0 Å². The van der Waals surface area contributed by atoms with Crippen molar-refractivity contribution in [2.45, 2.75) is 19.1 Å². The number of hydrogen-bond donors (Lipinski definition) is 2. The van der Waals surface area contributed by atoms with Crippen molar-refractivity contribution in [3.63, 3.8) is 0 Å².